The third kappa shape index (κ3) is 4.03. The van der Waals surface area contributed by atoms with Crippen molar-refractivity contribution >= 4 is 5.91 Å². The van der Waals surface area contributed by atoms with Gasteiger partial charge in [0, 0.05) is 25.8 Å². The number of nitrogens with zero attached hydrogens (tertiary/aromatic N) is 5. The van der Waals surface area contributed by atoms with Gasteiger partial charge in [-0.25, -0.2) is 0 Å². The maximum Gasteiger partial charge on any atom is 0.263 e. The van der Waals surface area contributed by atoms with E-state index in [1.807, 2.05) is 28.8 Å². The highest BCUT2D eigenvalue weighted by molar-refractivity contribution is 5.95. The van der Waals surface area contributed by atoms with Gasteiger partial charge in [-0.2, -0.15) is 0 Å². The largest absolute Gasteiger partial charge is 0.493 e. The highest BCUT2D eigenvalue weighted by atomic mass is 16.5. The minimum Gasteiger partial charge on any atom is -0.493 e. The fourth-order valence-corrected chi connectivity index (χ4v) is 3.78. The van der Waals surface area contributed by atoms with E-state index in [4.69, 9.17) is 9.47 Å². The van der Waals surface area contributed by atoms with Crippen molar-refractivity contribution in [1.29, 1.82) is 0 Å². The number of pyridine rings is 1. The molecule has 162 valence electrons. The molecule has 0 aliphatic carbocycles. The van der Waals surface area contributed by atoms with E-state index >= 15 is 0 Å². The Bertz CT molecular complexity index is 1170. The Hall–Kier alpha value is -3.62. The molecule has 0 bridgehead atoms. The van der Waals surface area contributed by atoms with Crippen molar-refractivity contribution in [2.45, 2.75) is 33.0 Å². The van der Waals surface area contributed by atoms with Crippen LogP contribution in [-0.4, -0.2) is 50.9 Å². The van der Waals surface area contributed by atoms with Crippen molar-refractivity contribution in [1.82, 2.24) is 24.2 Å². The van der Waals surface area contributed by atoms with Gasteiger partial charge in [0.15, 0.2) is 17.3 Å². The first-order valence-electron chi connectivity index (χ1n) is 10.1. The lowest BCUT2D eigenvalue weighted by Gasteiger charge is -2.27. The van der Waals surface area contributed by atoms with Gasteiger partial charge in [-0.15, -0.1) is 10.2 Å². The van der Waals surface area contributed by atoms with Gasteiger partial charge in [-0.05, 0) is 42.7 Å². The van der Waals surface area contributed by atoms with E-state index in [-0.39, 0.29) is 17.0 Å². The van der Waals surface area contributed by atoms with E-state index in [9.17, 15) is 9.59 Å². The van der Waals surface area contributed by atoms with Crippen LogP contribution in [0.4, 0.5) is 0 Å². The normalized spacial score (nSPS) is 13.1. The first-order valence-corrected chi connectivity index (χ1v) is 10.1. The third-order valence-corrected chi connectivity index (χ3v) is 5.60. The van der Waals surface area contributed by atoms with Gasteiger partial charge >= 0.3 is 0 Å². The second-order valence-corrected chi connectivity index (χ2v) is 7.48. The Balaban J connectivity index is 1.54. The molecule has 1 aliphatic rings. The molecule has 0 radical (unpaired) electrons. The van der Waals surface area contributed by atoms with Crippen LogP contribution in [0.25, 0.3) is 0 Å². The lowest BCUT2D eigenvalue weighted by atomic mass is 10.1. The zero-order chi connectivity index (χ0) is 22.0. The Morgan fingerprint density at radius 3 is 2.71 bits per heavy atom. The van der Waals surface area contributed by atoms with Crippen molar-refractivity contribution in [3.63, 3.8) is 0 Å². The average Bonchev–Trinajstić information content (AvgIpc) is 3.26. The minimum atomic E-state index is -0.280. The van der Waals surface area contributed by atoms with Crippen molar-refractivity contribution in [3.05, 3.63) is 69.7 Å². The van der Waals surface area contributed by atoms with Crippen LogP contribution in [0.1, 0.15) is 27.3 Å². The fraction of sp³-hybridized carbons (Fsp3) is 0.364. The number of hydrogen-bond donors (Lipinski definition) is 0. The lowest BCUT2D eigenvalue weighted by Crippen LogP contribution is -2.41. The van der Waals surface area contributed by atoms with Gasteiger partial charge < -0.3 is 23.5 Å². The van der Waals surface area contributed by atoms with Crippen LogP contribution in [0.5, 0.6) is 11.5 Å². The summed E-state index contributed by atoms with van der Waals surface area (Å²) in [7, 11) is 3.18. The number of ether oxygens (including phenoxy) is 2. The lowest BCUT2D eigenvalue weighted by molar-refractivity contribution is 0.0704. The summed E-state index contributed by atoms with van der Waals surface area (Å²) in [5.74, 6) is 1.76. The van der Waals surface area contributed by atoms with Gasteiger partial charge in [-0.3, -0.25) is 9.59 Å². The number of amides is 1. The first kappa shape index (κ1) is 20.6. The van der Waals surface area contributed by atoms with Crippen molar-refractivity contribution in [2.75, 3.05) is 20.8 Å². The summed E-state index contributed by atoms with van der Waals surface area (Å²) in [4.78, 5) is 28.0. The number of aromatic nitrogens is 4. The summed E-state index contributed by atoms with van der Waals surface area (Å²) in [5, 5.41) is 7.94. The Labute approximate surface area is 179 Å². The molecule has 0 saturated carbocycles. The second-order valence-electron chi connectivity index (χ2n) is 7.48. The van der Waals surface area contributed by atoms with E-state index in [0.29, 0.717) is 49.7 Å². The topological polar surface area (TPSA) is 91.5 Å². The Kier molecular flexibility index (Phi) is 5.75. The van der Waals surface area contributed by atoms with Gasteiger partial charge in [0.25, 0.3) is 11.5 Å². The van der Waals surface area contributed by atoms with E-state index < -0.39 is 0 Å². The summed E-state index contributed by atoms with van der Waals surface area (Å²) in [6.07, 6.45) is 4.01. The summed E-state index contributed by atoms with van der Waals surface area (Å²) in [6.45, 7) is 3.72. The molecule has 0 atom stereocenters. The molecule has 1 aliphatic heterocycles. The summed E-state index contributed by atoms with van der Waals surface area (Å²) in [6, 6.07) is 7.50. The molecule has 4 rings (SSSR count). The van der Waals surface area contributed by atoms with Crippen LogP contribution in [0.15, 0.2) is 41.6 Å². The number of fused-ring (bicyclic) bond motifs is 1. The van der Waals surface area contributed by atoms with E-state index in [0.717, 1.165) is 11.4 Å². The number of hydrogen-bond acceptors (Lipinski definition) is 6. The smallest absolute Gasteiger partial charge is 0.263 e. The molecule has 0 fully saturated rings. The molecule has 3 aromatic rings. The quantitative estimate of drug-likeness (QED) is 0.599. The van der Waals surface area contributed by atoms with Crippen LogP contribution >= 0.6 is 0 Å². The number of methoxy groups -OCH3 is 2. The minimum absolute atomic E-state index is 0.211. The zero-order valence-corrected chi connectivity index (χ0v) is 17.9. The molecule has 3 heterocycles. The molecule has 2 aromatic heterocycles. The summed E-state index contributed by atoms with van der Waals surface area (Å²) >= 11 is 0. The van der Waals surface area contributed by atoms with Gasteiger partial charge in [0.05, 0.1) is 20.8 Å². The van der Waals surface area contributed by atoms with Crippen molar-refractivity contribution < 1.29 is 14.3 Å². The van der Waals surface area contributed by atoms with Gasteiger partial charge in [0.2, 0.25) is 0 Å². The first-order chi connectivity index (χ1) is 15.0. The summed E-state index contributed by atoms with van der Waals surface area (Å²) in [5.41, 5.74) is 1.61. The van der Waals surface area contributed by atoms with E-state index in [1.165, 1.54) is 0 Å². The van der Waals surface area contributed by atoms with Crippen molar-refractivity contribution in [2.24, 2.45) is 0 Å². The predicted octanol–water partition coefficient (Wildman–Crippen LogP) is 1.66. The highest BCUT2D eigenvalue weighted by Crippen LogP contribution is 2.27. The fourth-order valence-electron chi connectivity index (χ4n) is 3.78. The third-order valence-electron chi connectivity index (χ3n) is 5.60. The molecular weight excluding hydrogens is 398 g/mol. The van der Waals surface area contributed by atoms with Crippen LogP contribution < -0.4 is 15.0 Å². The van der Waals surface area contributed by atoms with E-state index in [1.54, 1.807) is 43.1 Å². The van der Waals surface area contributed by atoms with E-state index in [2.05, 4.69) is 10.2 Å². The second kappa shape index (κ2) is 8.63. The molecule has 1 amide bonds. The average molecular weight is 423 g/mol. The SMILES string of the molecule is COc1ccc(CCn2ccc(C)c(C(=O)N3CCn4cnnc4C3)c2=O)cc1OC. The predicted molar refractivity (Wildman–Crippen MR) is 113 cm³/mol. The number of rotatable bonds is 6. The molecule has 0 N–H and O–H groups in total. The molecule has 9 heteroatoms. The Morgan fingerprint density at radius 1 is 1.13 bits per heavy atom. The van der Waals surface area contributed by atoms with Crippen LogP contribution in [0, 0.1) is 6.92 Å². The number of aryl methyl sites for hydroxylation is 3. The highest BCUT2D eigenvalue weighted by Gasteiger charge is 2.26. The number of carbonyl (C=O) groups is 1. The van der Waals surface area contributed by atoms with Crippen LogP contribution in [0.3, 0.4) is 0 Å². The van der Waals surface area contributed by atoms with Crippen LogP contribution in [-0.2, 0) is 26.1 Å². The van der Waals surface area contributed by atoms with Crippen molar-refractivity contribution in [3.8, 4) is 11.5 Å². The van der Waals surface area contributed by atoms with Gasteiger partial charge in [0.1, 0.15) is 11.9 Å². The number of carbonyl (C=O) groups excluding carboxylic acids is 1. The Morgan fingerprint density at radius 2 is 1.94 bits per heavy atom. The zero-order valence-electron chi connectivity index (χ0n) is 17.9. The van der Waals surface area contributed by atoms with Crippen LogP contribution in [0.2, 0.25) is 0 Å². The molecule has 1 aromatic carbocycles. The molecule has 0 spiro atoms. The molecule has 31 heavy (non-hydrogen) atoms. The molecule has 9 nitrogen and oxygen atoms in total. The monoisotopic (exact) mass is 423 g/mol. The molecule has 0 saturated heterocycles. The summed E-state index contributed by atoms with van der Waals surface area (Å²) < 4.78 is 14.1. The molecule has 0 unspecified atom stereocenters. The molecular formula is C22H25N5O4. The standard InChI is InChI=1S/C22H25N5O4/c1-15-6-8-25(9-7-16-4-5-17(30-2)18(12-16)31-3)21(28)20(15)22(29)26-10-11-27-14-23-24-19(27)13-26/h4-6,8,12,14H,7,9-11,13H2,1-3H3. The maximum atomic E-state index is 13.2. The maximum absolute atomic E-state index is 13.2. The van der Waals surface area contributed by atoms with Gasteiger partial charge in [-0.1, -0.05) is 6.07 Å². The number of benzene rings is 1.